The van der Waals surface area contributed by atoms with Crippen molar-refractivity contribution in [1.29, 1.82) is 0 Å². The summed E-state index contributed by atoms with van der Waals surface area (Å²) in [5.74, 6) is 0. The second-order valence-electron chi connectivity index (χ2n) is 6.22. The van der Waals surface area contributed by atoms with Gasteiger partial charge < -0.3 is 0 Å². The molecule has 15 heteroatoms. The average Bonchev–Trinajstić information content (AvgIpc) is 2.64. The fraction of sp³-hybridized carbons (Fsp3) is 1.00. The van der Waals surface area contributed by atoms with Gasteiger partial charge in [0.25, 0.3) is 0 Å². The van der Waals surface area contributed by atoms with Crippen LogP contribution in [-0.4, -0.2) is 58.9 Å². The SMILES string of the molecule is CCC[CH2][Sn]1([O][PH+]=O)[O][Sn]([CH2]CCC)([O][PH+]=O)[O][Sn]([CH2]CCC)([O][PH+]=O)[O]1. The molecule has 1 rings (SSSR count). The van der Waals surface area contributed by atoms with E-state index in [1.165, 1.54) is 0 Å². The first kappa shape index (κ1) is 27.5. The quantitative estimate of drug-likeness (QED) is 0.166. The van der Waals surface area contributed by atoms with Crippen LogP contribution in [0.4, 0.5) is 0 Å². The summed E-state index contributed by atoms with van der Waals surface area (Å²) in [4.78, 5) is 0. The summed E-state index contributed by atoms with van der Waals surface area (Å²) in [5.41, 5.74) is 0. The minimum absolute atomic E-state index is 0.524. The van der Waals surface area contributed by atoms with Crippen LogP contribution < -0.4 is 0 Å². The zero-order valence-electron chi connectivity index (χ0n) is 16.0. The predicted molar refractivity (Wildman–Crippen MR) is 110 cm³/mol. The topological polar surface area (TPSA) is 107 Å². The molecule has 0 aromatic carbocycles. The zero-order chi connectivity index (χ0) is 20.2. The Bertz CT molecular complexity index is 416. The van der Waals surface area contributed by atoms with Gasteiger partial charge in [-0.1, -0.05) is 0 Å². The Morgan fingerprint density at radius 2 is 0.852 bits per heavy atom. The summed E-state index contributed by atoms with van der Waals surface area (Å²) in [6, 6.07) is 0. The maximum absolute atomic E-state index is 11.4. The molecule has 1 aliphatic heterocycles. The van der Waals surface area contributed by atoms with Crippen LogP contribution in [0.5, 0.6) is 0 Å². The molecule has 3 atom stereocenters. The molecule has 156 valence electrons. The molecule has 0 radical (unpaired) electrons. The molecule has 0 aromatic heterocycles. The van der Waals surface area contributed by atoms with Crippen molar-refractivity contribution in [2.24, 2.45) is 0 Å². The van der Waals surface area contributed by atoms with Crippen molar-refractivity contribution in [1.82, 2.24) is 0 Å². The van der Waals surface area contributed by atoms with E-state index in [1.807, 2.05) is 20.8 Å². The van der Waals surface area contributed by atoms with E-state index in [0.717, 1.165) is 38.5 Å². The van der Waals surface area contributed by atoms with Crippen LogP contribution in [0.25, 0.3) is 0 Å². The molecular formula is C12H30O9P3Sn3+3. The fourth-order valence-electron chi connectivity index (χ4n) is 2.73. The molecule has 0 N–H and O–H groups in total. The van der Waals surface area contributed by atoms with Gasteiger partial charge in [-0.25, -0.2) is 0 Å². The molecule has 1 fully saturated rings. The Balaban J connectivity index is 3.37. The van der Waals surface area contributed by atoms with Crippen molar-refractivity contribution in [3.05, 3.63) is 0 Å². The van der Waals surface area contributed by atoms with E-state index in [-0.39, 0.29) is 0 Å². The van der Waals surface area contributed by atoms with Crippen molar-refractivity contribution < 1.29 is 26.5 Å². The molecule has 0 bridgehead atoms. The van der Waals surface area contributed by atoms with Crippen molar-refractivity contribution in [2.45, 2.75) is 72.6 Å². The van der Waals surface area contributed by atoms with Crippen LogP contribution in [-0.2, 0) is 26.5 Å². The maximum atomic E-state index is 11.4. The second-order valence-corrected chi connectivity index (χ2v) is 42.0. The summed E-state index contributed by atoms with van der Waals surface area (Å²) in [6.45, 7) is 6.10. The fourth-order valence-corrected chi connectivity index (χ4v) is 96.3. The van der Waals surface area contributed by atoms with Crippen molar-refractivity contribution in [2.75, 3.05) is 0 Å². The van der Waals surface area contributed by atoms with Gasteiger partial charge in [-0.05, 0) is 0 Å². The normalized spacial score (nSPS) is 31.7. The summed E-state index contributed by atoms with van der Waals surface area (Å²) in [5, 5.41) is 0. The monoisotopic (exact) mass is 771 g/mol. The van der Waals surface area contributed by atoms with E-state index >= 15 is 0 Å². The molecule has 3 unspecified atom stereocenters. The van der Waals surface area contributed by atoms with Gasteiger partial charge in [-0.2, -0.15) is 0 Å². The van der Waals surface area contributed by atoms with Crippen molar-refractivity contribution in [3.8, 4) is 0 Å². The zero-order valence-corrected chi connectivity index (χ0v) is 27.6. The third-order valence-corrected chi connectivity index (χ3v) is 64.7. The van der Waals surface area contributed by atoms with Gasteiger partial charge in [0.15, 0.2) is 0 Å². The molecule has 27 heavy (non-hydrogen) atoms. The van der Waals surface area contributed by atoms with Gasteiger partial charge in [-0.3, -0.25) is 0 Å². The van der Waals surface area contributed by atoms with E-state index in [2.05, 4.69) is 0 Å². The molecule has 0 amide bonds. The van der Waals surface area contributed by atoms with E-state index in [1.54, 1.807) is 0 Å². The molecule has 0 saturated carbocycles. The van der Waals surface area contributed by atoms with E-state index in [9.17, 15) is 13.7 Å². The first-order valence-electron chi connectivity index (χ1n) is 9.24. The number of hydrogen-bond donors (Lipinski definition) is 0. The van der Waals surface area contributed by atoms with Crippen molar-refractivity contribution >= 4 is 84.9 Å². The van der Waals surface area contributed by atoms with Crippen LogP contribution in [0.15, 0.2) is 0 Å². The molecule has 1 heterocycles. The first-order chi connectivity index (χ1) is 13.0. The average molecular weight is 767 g/mol. The number of rotatable bonds is 15. The Hall–Kier alpha value is 2.46. The molecule has 1 aliphatic rings. The van der Waals surface area contributed by atoms with Crippen LogP contribution in [0.3, 0.4) is 0 Å². The van der Waals surface area contributed by atoms with Gasteiger partial charge in [0.1, 0.15) is 0 Å². The van der Waals surface area contributed by atoms with Crippen molar-refractivity contribution in [3.63, 3.8) is 0 Å². The third kappa shape index (κ3) is 8.84. The Kier molecular flexibility index (Phi) is 14.8. The van der Waals surface area contributed by atoms with Gasteiger partial charge in [0.05, 0.1) is 0 Å². The number of hydrogen-bond acceptors (Lipinski definition) is 9. The van der Waals surface area contributed by atoms with E-state index in [4.69, 9.17) is 12.8 Å². The van der Waals surface area contributed by atoms with Gasteiger partial charge in [0.2, 0.25) is 0 Å². The molecule has 0 spiro atoms. The van der Waals surface area contributed by atoms with Gasteiger partial charge in [0, 0.05) is 0 Å². The summed E-state index contributed by atoms with van der Waals surface area (Å²) in [6.07, 6.45) is 5.02. The standard InChI is InChI=1S/3C4H9.3HO2P.3O.3Sn/c3*1-3-4-2;3*1-3-2;;;;;;/h3*1,3-4H2,2H3;3*3H;;;;;;/q;;;;;;;;;3*+1. The molecule has 9 nitrogen and oxygen atoms in total. The Labute approximate surface area is 182 Å². The minimum atomic E-state index is -4.33. The molecule has 0 aliphatic carbocycles. The Morgan fingerprint density at radius 3 is 1.04 bits per heavy atom. The first-order valence-corrected chi connectivity index (χ1v) is 28.2. The van der Waals surface area contributed by atoms with Gasteiger partial charge >= 0.3 is 184 Å². The summed E-state index contributed by atoms with van der Waals surface area (Å²) >= 11 is -13.0. The predicted octanol–water partition coefficient (Wildman–Crippen LogP) is 5.13. The molecule has 1 saturated heterocycles. The van der Waals surface area contributed by atoms with E-state index in [0.29, 0.717) is 13.3 Å². The summed E-state index contributed by atoms with van der Waals surface area (Å²) < 4.78 is 71.8. The van der Waals surface area contributed by atoms with Crippen LogP contribution in [0, 0.1) is 0 Å². The second kappa shape index (κ2) is 14.5. The summed E-state index contributed by atoms with van der Waals surface area (Å²) in [7, 11) is -3.08. The molecule has 0 aromatic rings. The van der Waals surface area contributed by atoms with Crippen LogP contribution in [0.2, 0.25) is 13.3 Å². The van der Waals surface area contributed by atoms with Gasteiger partial charge in [-0.15, -0.1) is 0 Å². The third-order valence-electron chi connectivity index (χ3n) is 4.03. The number of unbranched alkanes of at least 4 members (excludes halogenated alkanes) is 3. The van der Waals surface area contributed by atoms with E-state index < -0.39 is 84.9 Å². The van der Waals surface area contributed by atoms with Crippen LogP contribution in [0.1, 0.15) is 59.3 Å². The Morgan fingerprint density at radius 1 is 0.593 bits per heavy atom. The van der Waals surface area contributed by atoms with Crippen LogP contribution >= 0.6 is 26.1 Å². The molecular weight excluding hydrogens is 737 g/mol.